The second-order valence-electron chi connectivity index (χ2n) is 12.2. The molecule has 0 saturated heterocycles. The molecule has 0 atom stereocenters. The van der Waals surface area contributed by atoms with E-state index in [0.717, 1.165) is 49.7 Å². The molecule has 0 saturated carbocycles. The summed E-state index contributed by atoms with van der Waals surface area (Å²) in [7, 11) is 3.94. The van der Waals surface area contributed by atoms with Gasteiger partial charge in [0.25, 0.3) is 0 Å². The van der Waals surface area contributed by atoms with Gasteiger partial charge in [-0.05, 0) is 61.8 Å². The van der Waals surface area contributed by atoms with Crippen molar-refractivity contribution < 1.29 is 0 Å². The average molecular weight is 723 g/mol. The molecule has 262 valence electrons. The fourth-order valence-electron chi connectivity index (χ4n) is 5.84. The lowest BCUT2D eigenvalue weighted by Gasteiger charge is -2.05. The first kappa shape index (κ1) is 42.7. The van der Waals surface area contributed by atoms with E-state index in [0.29, 0.717) is 33.7 Å². The van der Waals surface area contributed by atoms with Gasteiger partial charge in [0.15, 0.2) is 0 Å². The fraction of sp³-hybridized carbons (Fsp3) is 0.429. The van der Waals surface area contributed by atoms with Crippen molar-refractivity contribution in [3.8, 4) is 48.6 Å². The molecule has 0 spiro atoms. The van der Waals surface area contributed by atoms with Gasteiger partial charge in [0.2, 0.25) is 0 Å². The molecule has 52 heavy (non-hydrogen) atoms. The summed E-state index contributed by atoms with van der Waals surface area (Å²) in [5.74, 6) is 2.34. The van der Waals surface area contributed by atoms with Gasteiger partial charge in [0, 0.05) is 32.4 Å². The Balaban J connectivity index is 1.54. The Morgan fingerprint density at radius 1 is 0.365 bits per heavy atom. The molecule has 8 nitrogen and oxygen atoms in total. The Hall–Kier alpha value is -5.46. The van der Waals surface area contributed by atoms with Crippen molar-refractivity contribution in [2.45, 2.75) is 103 Å². The highest BCUT2D eigenvalue weighted by Gasteiger charge is 2.07. The molecule has 0 amide bonds. The van der Waals surface area contributed by atoms with E-state index in [-0.39, 0.29) is 22.3 Å². The summed E-state index contributed by atoms with van der Waals surface area (Å²) in [5.41, 5.74) is 1.81. The van der Waals surface area contributed by atoms with Gasteiger partial charge in [0.05, 0.1) is 0 Å². The number of nitrogens with zero attached hydrogens (tertiary/aromatic N) is 8. The monoisotopic (exact) mass is 722 g/mol. The van der Waals surface area contributed by atoms with Gasteiger partial charge < -0.3 is 0 Å². The molecule has 0 aliphatic carbocycles. The highest BCUT2D eigenvalue weighted by atomic mass is 33.1. The molecule has 0 heterocycles. The first-order valence-electron chi connectivity index (χ1n) is 17.7. The standard InChI is InChI=1S/C42H42N8S2/c43-25-37(26-44)33-17-19-41(39(29-47)30-48)35(23-33)15-11-7-3-1-5-9-13-21-51-52-22-14-10-6-2-4-8-12-16-36-24-34(38(27-45)28-46)18-20-42(36)40(31-49)32-50/h17-20,23-24H,1-16,21-22H2. The van der Waals surface area contributed by atoms with Crippen LogP contribution in [0.25, 0.3) is 22.3 Å². The molecular weight excluding hydrogens is 681 g/mol. The highest BCUT2D eigenvalue weighted by molar-refractivity contribution is 8.76. The zero-order chi connectivity index (χ0) is 37.8. The number of aryl methyl sites for hydroxylation is 2. The topological polar surface area (TPSA) is 190 Å². The molecule has 0 aliphatic rings. The van der Waals surface area contributed by atoms with Crippen LogP contribution in [0.15, 0.2) is 36.4 Å². The predicted molar refractivity (Wildman–Crippen MR) is 207 cm³/mol. The molecule has 2 aromatic carbocycles. The summed E-state index contributed by atoms with van der Waals surface area (Å²) in [6.07, 6.45) is 17.3. The lowest BCUT2D eigenvalue weighted by Crippen LogP contribution is -2.18. The summed E-state index contributed by atoms with van der Waals surface area (Å²) in [6.45, 7) is 0. The van der Waals surface area contributed by atoms with Crippen molar-refractivity contribution in [1.82, 2.24) is 0 Å². The summed E-state index contributed by atoms with van der Waals surface area (Å²) in [6, 6.07) is 25.6. The van der Waals surface area contributed by atoms with Gasteiger partial charge in [-0.2, -0.15) is 42.1 Å². The second-order valence-corrected chi connectivity index (χ2v) is 14.9. The number of benzene rings is 2. The maximum atomic E-state index is 9.34. The molecular formula is C42H42N8S2. The van der Waals surface area contributed by atoms with Gasteiger partial charge in [-0.3, -0.25) is 0 Å². The van der Waals surface area contributed by atoms with Crippen molar-refractivity contribution in [1.29, 1.82) is 42.1 Å². The van der Waals surface area contributed by atoms with E-state index in [4.69, 9.17) is 0 Å². The number of rotatable bonds is 21. The van der Waals surface area contributed by atoms with E-state index in [1.165, 1.54) is 62.9 Å². The van der Waals surface area contributed by atoms with Gasteiger partial charge in [0.1, 0.15) is 70.8 Å². The summed E-state index contributed by atoms with van der Waals surface area (Å²) in [4.78, 5) is 0. The van der Waals surface area contributed by atoms with E-state index in [9.17, 15) is 42.1 Å². The Bertz CT molecular complexity index is 1900. The van der Waals surface area contributed by atoms with Gasteiger partial charge in [-0.25, -0.2) is 0 Å². The van der Waals surface area contributed by atoms with E-state index in [1.54, 1.807) is 36.4 Å². The molecule has 0 radical (unpaired) electrons. The maximum absolute atomic E-state index is 9.34. The Kier molecular flexibility index (Phi) is 21.7. The van der Waals surface area contributed by atoms with Gasteiger partial charge in [-0.1, -0.05) is 110 Å². The van der Waals surface area contributed by atoms with Crippen molar-refractivity contribution in [3.63, 3.8) is 0 Å². The Labute approximate surface area is 315 Å². The number of hydrogen-bond donors (Lipinski definition) is 0. The van der Waals surface area contributed by atoms with E-state index >= 15 is 0 Å². The van der Waals surface area contributed by atoms with Crippen LogP contribution in [0, 0.1) is 90.6 Å². The zero-order valence-corrected chi connectivity index (χ0v) is 31.2. The number of unbranched alkanes of at least 4 members (excludes halogenated alkanes) is 12. The maximum Gasteiger partial charge on any atom is 0.137 e. The molecule has 0 fully saturated rings. The fourth-order valence-corrected chi connectivity index (χ4v) is 8.13. The third-order valence-electron chi connectivity index (χ3n) is 8.65. The minimum Gasteiger partial charge on any atom is -0.192 e. The van der Waals surface area contributed by atoms with Crippen LogP contribution in [0.1, 0.15) is 101 Å². The van der Waals surface area contributed by atoms with Crippen LogP contribution in [0.3, 0.4) is 0 Å². The van der Waals surface area contributed by atoms with E-state index in [2.05, 4.69) is 0 Å². The Morgan fingerprint density at radius 2 is 0.654 bits per heavy atom. The van der Waals surface area contributed by atoms with E-state index < -0.39 is 0 Å². The van der Waals surface area contributed by atoms with E-state index in [1.807, 2.05) is 70.1 Å². The largest absolute Gasteiger partial charge is 0.192 e. The van der Waals surface area contributed by atoms with Crippen LogP contribution < -0.4 is 20.9 Å². The lowest BCUT2D eigenvalue weighted by atomic mass is 9.99. The SMILES string of the molecule is N#CC(C#N)=c1ccc(=C(C#N)C#N)c(CCCCCCCCCSSCCCCCCCCCc2cc(=C(C#N)C#N)ccc2=C(C#N)C#N)c1. The van der Waals surface area contributed by atoms with Crippen molar-refractivity contribution in [3.05, 3.63) is 68.4 Å². The molecule has 0 bridgehead atoms. The molecule has 0 aromatic heterocycles. The first-order chi connectivity index (χ1) is 25.5. The highest BCUT2D eigenvalue weighted by Crippen LogP contribution is 2.25. The molecule has 2 aromatic rings. The van der Waals surface area contributed by atoms with Crippen LogP contribution >= 0.6 is 21.6 Å². The number of hydrogen-bond acceptors (Lipinski definition) is 10. The van der Waals surface area contributed by atoms with Crippen LogP contribution in [0.4, 0.5) is 0 Å². The summed E-state index contributed by atoms with van der Waals surface area (Å²) < 4.78 is 0. The molecule has 0 aliphatic heterocycles. The smallest absolute Gasteiger partial charge is 0.137 e. The normalized spacial score (nSPS) is 9.77. The predicted octanol–water partition coefficient (Wildman–Crippen LogP) is 7.11. The average Bonchev–Trinajstić information content (AvgIpc) is 3.17. The molecule has 0 unspecified atom stereocenters. The van der Waals surface area contributed by atoms with Crippen LogP contribution in [-0.4, -0.2) is 11.5 Å². The van der Waals surface area contributed by atoms with Crippen molar-refractivity contribution in [2.24, 2.45) is 0 Å². The van der Waals surface area contributed by atoms with Crippen molar-refractivity contribution in [2.75, 3.05) is 11.5 Å². The van der Waals surface area contributed by atoms with Crippen molar-refractivity contribution >= 4 is 43.9 Å². The summed E-state index contributed by atoms with van der Waals surface area (Å²) in [5, 5.41) is 76.4. The van der Waals surface area contributed by atoms with Gasteiger partial charge in [-0.15, -0.1) is 0 Å². The third-order valence-corrected chi connectivity index (χ3v) is 11.2. The second kappa shape index (κ2) is 26.4. The lowest BCUT2D eigenvalue weighted by molar-refractivity contribution is 0.590. The van der Waals surface area contributed by atoms with Crippen LogP contribution in [0.2, 0.25) is 0 Å². The minimum absolute atomic E-state index is 0.0242. The first-order valence-corrected chi connectivity index (χ1v) is 20.2. The van der Waals surface area contributed by atoms with Crippen LogP contribution in [-0.2, 0) is 12.8 Å². The quantitative estimate of drug-likeness (QED) is 0.0948. The van der Waals surface area contributed by atoms with Gasteiger partial charge >= 0.3 is 0 Å². The number of nitriles is 8. The minimum atomic E-state index is 0.0242. The molecule has 0 N–H and O–H groups in total. The third kappa shape index (κ3) is 14.8. The zero-order valence-electron chi connectivity index (χ0n) is 29.6. The molecule has 2 rings (SSSR count). The Morgan fingerprint density at radius 3 is 0.962 bits per heavy atom. The summed E-state index contributed by atoms with van der Waals surface area (Å²) >= 11 is 0. The van der Waals surface area contributed by atoms with Crippen LogP contribution in [0.5, 0.6) is 0 Å². The molecule has 10 heteroatoms.